The van der Waals surface area contributed by atoms with Crippen molar-refractivity contribution in [2.45, 2.75) is 39.3 Å². The largest absolute Gasteiger partial charge is 0.337 e. The molecule has 1 saturated heterocycles. The van der Waals surface area contributed by atoms with Crippen LogP contribution in [0.25, 0.3) is 10.2 Å². The Morgan fingerprint density at radius 1 is 1.19 bits per heavy atom. The Hall–Kier alpha value is -2.06. The summed E-state index contributed by atoms with van der Waals surface area (Å²) in [5.41, 5.74) is 1.06. The molecular weight excluding hydrogens is 346 g/mol. The van der Waals surface area contributed by atoms with Gasteiger partial charge in [-0.05, 0) is 42.8 Å². The molecule has 8 heteroatoms. The van der Waals surface area contributed by atoms with Crippen molar-refractivity contribution in [3.8, 4) is 0 Å². The van der Waals surface area contributed by atoms with Crippen LogP contribution < -0.4 is 9.80 Å². The van der Waals surface area contributed by atoms with E-state index in [1.54, 1.807) is 11.3 Å². The highest BCUT2D eigenvalue weighted by molar-refractivity contribution is 7.22. The van der Waals surface area contributed by atoms with Gasteiger partial charge in [0.15, 0.2) is 5.13 Å². The molecule has 1 fully saturated rings. The Bertz CT molecular complexity index is 843. The molecule has 3 aromatic rings. The summed E-state index contributed by atoms with van der Waals surface area (Å²) in [6.07, 6.45) is 1.01. The van der Waals surface area contributed by atoms with E-state index in [-0.39, 0.29) is 5.54 Å². The van der Waals surface area contributed by atoms with Crippen LogP contribution in [0, 0.1) is 0 Å². The summed E-state index contributed by atoms with van der Waals surface area (Å²) in [5, 5.41) is 13.6. The van der Waals surface area contributed by atoms with Gasteiger partial charge >= 0.3 is 0 Å². The minimum Gasteiger partial charge on any atom is -0.337 e. The molecule has 0 bridgehead atoms. The fourth-order valence-corrected chi connectivity index (χ4v) is 4.36. The van der Waals surface area contributed by atoms with E-state index in [1.165, 1.54) is 9.60 Å². The predicted molar refractivity (Wildman–Crippen MR) is 104 cm³/mol. The molecule has 1 N–H and O–H groups in total. The summed E-state index contributed by atoms with van der Waals surface area (Å²) >= 11 is 1.79. The second-order valence-corrected chi connectivity index (χ2v) is 8.56. The van der Waals surface area contributed by atoms with Gasteiger partial charge in [0.05, 0.1) is 41.9 Å². The van der Waals surface area contributed by atoms with Crippen molar-refractivity contribution >= 4 is 26.7 Å². The third kappa shape index (κ3) is 3.31. The first-order valence-electron chi connectivity index (χ1n) is 9.28. The number of benzene rings is 1. The third-order valence-electron chi connectivity index (χ3n) is 5.40. The van der Waals surface area contributed by atoms with Gasteiger partial charge in [0, 0.05) is 0 Å². The van der Waals surface area contributed by atoms with Crippen LogP contribution in [0.3, 0.4) is 0 Å². The van der Waals surface area contributed by atoms with Crippen molar-refractivity contribution in [1.82, 2.24) is 25.2 Å². The molecule has 0 spiro atoms. The Labute approximate surface area is 157 Å². The van der Waals surface area contributed by atoms with Crippen LogP contribution in [0.15, 0.2) is 24.3 Å². The summed E-state index contributed by atoms with van der Waals surface area (Å²) in [6.45, 7) is 11.6. The maximum atomic E-state index is 4.79. The minimum absolute atomic E-state index is 0.0406. The van der Waals surface area contributed by atoms with Crippen LogP contribution in [0.5, 0.6) is 0 Å². The molecule has 0 atom stereocenters. The molecular formula is C18H26N7S+. The molecule has 1 aromatic carbocycles. The Kier molecular flexibility index (Phi) is 4.62. The van der Waals surface area contributed by atoms with Gasteiger partial charge in [-0.15, -0.1) is 5.10 Å². The van der Waals surface area contributed by atoms with Crippen LogP contribution in [-0.4, -0.2) is 51.4 Å². The van der Waals surface area contributed by atoms with E-state index in [0.29, 0.717) is 0 Å². The van der Waals surface area contributed by atoms with Gasteiger partial charge in [0.2, 0.25) is 5.82 Å². The van der Waals surface area contributed by atoms with Gasteiger partial charge in [-0.2, -0.15) is 0 Å². The molecule has 1 aliphatic heterocycles. The molecule has 7 nitrogen and oxygen atoms in total. The molecule has 0 unspecified atom stereocenters. The van der Waals surface area contributed by atoms with Crippen LogP contribution in [0.2, 0.25) is 0 Å². The quantitative estimate of drug-likeness (QED) is 0.732. The molecule has 0 radical (unpaired) electrons. The number of piperazine rings is 1. The maximum Gasteiger partial charge on any atom is 0.206 e. The average molecular weight is 373 g/mol. The fourth-order valence-electron chi connectivity index (χ4n) is 3.35. The van der Waals surface area contributed by atoms with Gasteiger partial charge in [-0.3, -0.25) is 0 Å². The highest BCUT2D eigenvalue weighted by Crippen LogP contribution is 2.28. The third-order valence-corrected chi connectivity index (χ3v) is 6.50. The highest BCUT2D eigenvalue weighted by atomic mass is 32.1. The Morgan fingerprint density at radius 2 is 1.96 bits per heavy atom. The average Bonchev–Trinajstić information content (AvgIpc) is 3.29. The van der Waals surface area contributed by atoms with E-state index in [4.69, 9.17) is 4.98 Å². The lowest BCUT2D eigenvalue weighted by molar-refractivity contribution is -0.915. The first-order valence-corrected chi connectivity index (χ1v) is 10.1. The van der Waals surface area contributed by atoms with Gasteiger partial charge in [0.1, 0.15) is 6.54 Å². The fraction of sp³-hybridized carbons (Fsp3) is 0.556. The maximum absolute atomic E-state index is 4.79. The molecule has 2 aromatic heterocycles. The van der Waals surface area contributed by atoms with Gasteiger partial charge in [0.25, 0.3) is 0 Å². The lowest BCUT2D eigenvalue weighted by atomic mass is 10.0. The number of thiazole rings is 1. The van der Waals surface area contributed by atoms with E-state index in [0.717, 1.165) is 55.6 Å². The van der Waals surface area contributed by atoms with Crippen LogP contribution in [-0.2, 0) is 12.1 Å². The zero-order chi connectivity index (χ0) is 18.1. The normalized spacial score (nSPS) is 16.5. The number of anilines is 1. The molecule has 138 valence electrons. The van der Waals surface area contributed by atoms with Crippen LogP contribution in [0.1, 0.15) is 33.0 Å². The summed E-state index contributed by atoms with van der Waals surface area (Å²) in [5.74, 6) is 0.986. The summed E-state index contributed by atoms with van der Waals surface area (Å²) in [6, 6.07) is 8.36. The zero-order valence-corrected chi connectivity index (χ0v) is 16.5. The Balaban J connectivity index is 1.41. The van der Waals surface area contributed by atoms with E-state index in [2.05, 4.69) is 65.5 Å². The minimum atomic E-state index is -0.0406. The van der Waals surface area contributed by atoms with Gasteiger partial charge < -0.3 is 9.80 Å². The zero-order valence-electron chi connectivity index (χ0n) is 15.6. The van der Waals surface area contributed by atoms with Crippen molar-refractivity contribution in [1.29, 1.82) is 0 Å². The number of nitrogens with one attached hydrogen (secondary N) is 1. The van der Waals surface area contributed by atoms with Crippen molar-refractivity contribution < 1.29 is 4.90 Å². The number of fused-ring (bicyclic) bond motifs is 1. The standard InChI is InChI=1S/C18H25N7S/c1-4-18(2,3)25-16(20-21-22-25)13-23-9-11-24(12-10-23)17-19-14-7-5-6-8-15(14)26-17/h5-8H,4,9-13H2,1-3H3/p+1. The summed E-state index contributed by atoms with van der Waals surface area (Å²) < 4.78 is 3.26. The van der Waals surface area contributed by atoms with Crippen molar-refractivity contribution in [3.63, 3.8) is 0 Å². The number of quaternary nitrogens is 1. The van der Waals surface area contributed by atoms with E-state index in [9.17, 15) is 0 Å². The van der Waals surface area contributed by atoms with Crippen molar-refractivity contribution in [2.75, 3.05) is 31.1 Å². The number of nitrogens with zero attached hydrogens (tertiary/aromatic N) is 6. The van der Waals surface area contributed by atoms with Crippen LogP contribution >= 0.6 is 11.3 Å². The van der Waals surface area contributed by atoms with E-state index < -0.39 is 0 Å². The number of hydrogen-bond donors (Lipinski definition) is 1. The predicted octanol–water partition coefficient (Wildman–Crippen LogP) is 1.33. The lowest BCUT2D eigenvalue weighted by Gasteiger charge is -2.32. The molecule has 3 heterocycles. The second kappa shape index (κ2) is 6.92. The first-order chi connectivity index (χ1) is 12.6. The molecule has 1 aliphatic rings. The molecule has 0 aliphatic carbocycles. The van der Waals surface area contributed by atoms with Gasteiger partial charge in [-0.1, -0.05) is 30.4 Å². The topological polar surface area (TPSA) is 64.2 Å². The number of hydrogen-bond acceptors (Lipinski definition) is 6. The molecule has 0 saturated carbocycles. The van der Waals surface area contributed by atoms with Crippen LogP contribution in [0.4, 0.5) is 5.13 Å². The summed E-state index contributed by atoms with van der Waals surface area (Å²) in [7, 11) is 0. The monoisotopic (exact) mass is 372 g/mol. The molecule has 0 amide bonds. The SMILES string of the molecule is CCC(C)(C)n1nnnc1C[NH+]1CCN(c2nc3ccccc3s2)CC1. The first kappa shape index (κ1) is 17.4. The van der Waals surface area contributed by atoms with Crippen molar-refractivity contribution in [2.24, 2.45) is 0 Å². The smallest absolute Gasteiger partial charge is 0.206 e. The second-order valence-electron chi connectivity index (χ2n) is 7.55. The van der Waals surface area contributed by atoms with E-state index >= 15 is 0 Å². The number of para-hydroxylation sites is 1. The van der Waals surface area contributed by atoms with E-state index in [1.807, 2.05) is 4.68 Å². The Morgan fingerprint density at radius 3 is 2.69 bits per heavy atom. The number of aromatic nitrogens is 5. The van der Waals surface area contributed by atoms with Gasteiger partial charge in [-0.25, -0.2) is 9.67 Å². The highest BCUT2D eigenvalue weighted by Gasteiger charge is 2.28. The number of tetrazole rings is 1. The number of rotatable bonds is 5. The molecule has 26 heavy (non-hydrogen) atoms. The van der Waals surface area contributed by atoms with Crippen molar-refractivity contribution in [3.05, 3.63) is 30.1 Å². The lowest BCUT2D eigenvalue weighted by Crippen LogP contribution is -3.13. The summed E-state index contributed by atoms with van der Waals surface area (Å²) in [4.78, 5) is 8.74. The molecule has 4 rings (SSSR count).